The number of rotatable bonds is 2. The van der Waals surface area contributed by atoms with E-state index in [-0.39, 0.29) is 18.9 Å². The number of fused-ring (bicyclic) bond motifs is 1. The molecule has 5 nitrogen and oxygen atoms in total. The number of piperidine rings is 1. The zero-order chi connectivity index (χ0) is 16.6. The molecule has 1 atom stereocenters. The van der Waals surface area contributed by atoms with E-state index in [4.69, 9.17) is 0 Å². The van der Waals surface area contributed by atoms with E-state index in [0.717, 1.165) is 5.52 Å². The standard InChI is InChI=1S/C15H17F3N4O/c1-2-22-13-6-5-10(8-12(13)19-20-22)14(23)21-7-3-4-11(9-21)15(16,17)18/h5-6,8,11H,2-4,7,9H2,1H3/t11-/m1/s1. The molecule has 124 valence electrons. The van der Waals surface area contributed by atoms with Crippen molar-refractivity contribution in [1.82, 2.24) is 19.9 Å². The summed E-state index contributed by atoms with van der Waals surface area (Å²) >= 11 is 0. The molecule has 1 fully saturated rings. The van der Waals surface area contributed by atoms with Gasteiger partial charge >= 0.3 is 6.18 Å². The Bertz CT molecular complexity index is 725. The number of aryl methyl sites for hydroxylation is 1. The quantitative estimate of drug-likeness (QED) is 0.853. The van der Waals surface area contributed by atoms with Crippen LogP contribution in [0.3, 0.4) is 0 Å². The average molecular weight is 326 g/mol. The highest BCUT2D eigenvalue weighted by Gasteiger charge is 2.42. The van der Waals surface area contributed by atoms with Gasteiger partial charge in [-0.25, -0.2) is 4.68 Å². The molecule has 23 heavy (non-hydrogen) atoms. The second kappa shape index (κ2) is 5.82. The molecule has 0 N–H and O–H groups in total. The zero-order valence-electron chi connectivity index (χ0n) is 12.7. The first-order valence-corrected chi connectivity index (χ1v) is 7.59. The first kappa shape index (κ1) is 15.8. The molecule has 1 aromatic heterocycles. The van der Waals surface area contributed by atoms with Crippen molar-refractivity contribution in [2.45, 2.75) is 32.5 Å². The van der Waals surface area contributed by atoms with E-state index in [9.17, 15) is 18.0 Å². The van der Waals surface area contributed by atoms with E-state index in [2.05, 4.69) is 10.3 Å². The average Bonchev–Trinajstić information content (AvgIpc) is 2.95. The number of carbonyl (C=O) groups excluding carboxylic acids is 1. The van der Waals surface area contributed by atoms with Gasteiger partial charge in [0.25, 0.3) is 5.91 Å². The molecule has 1 aliphatic heterocycles. The van der Waals surface area contributed by atoms with Crippen molar-refractivity contribution in [3.05, 3.63) is 23.8 Å². The highest BCUT2D eigenvalue weighted by molar-refractivity contribution is 5.97. The zero-order valence-corrected chi connectivity index (χ0v) is 12.7. The predicted octanol–water partition coefficient (Wildman–Crippen LogP) is 2.87. The molecule has 0 aliphatic carbocycles. The number of aromatic nitrogens is 3. The SMILES string of the molecule is CCn1nnc2cc(C(=O)N3CCC[C@@H](C(F)(F)F)C3)ccc21. The van der Waals surface area contributed by atoms with Crippen LogP contribution in [0, 0.1) is 5.92 Å². The van der Waals surface area contributed by atoms with Crippen molar-refractivity contribution in [2.75, 3.05) is 13.1 Å². The fourth-order valence-corrected chi connectivity index (χ4v) is 2.95. The van der Waals surface area contributed by atoms with Crippen molar-refractivity contribution < 1.29 is 18.0 Å². The molecule has 1 aliphatic rings. The third-order valence-corrected chi connectivity index (χ3v) is 4.23. The smallest absolute Gasteiger partial charge is 0.338 e. The third-order valence-electron chi connectivity index (χ3n) is 4.23. The number of hydrogen-bond donors (Lipinski definition) is 0. The lowest BCUT2D eigenvalue weighted by molar-refractivity contribution is -0.184. The van der Waals surface area contributed by atoms with E-state index in [1.165, 1.54) is 4.90 Å². The van der Waals surface area contributed by atoms with E-state index in [0.29, 0.717) is 30.6 Å². The minimum absolute atomic E-state index is 0.0805. The van der Waals surface area contributed by atoms with Crippen LogP contribution in [0.4, 0.5) is 13.2 Å². The number of hydrogen-bond acceptors (Lipinski definition) is 3. The van der Waals surface area contributed by atoms with Crippen LogP contribution in [0.15, 0.2) is 18.2 Å². The summed E-state index contributed by atoms with van der Waals surface area (Å²) < 4.78 is 40.3. The summed E-state index contributed by atoms with van der Waals surface area (Å²) in [6, 6.07) is 4.95. The number of alkyl halides is 3. The molecule has 1 aromatic carbocycles. The highest BCUT2D eigenvalue weighted by atomic mass is 19.4. The summed E-state index contributed by atoms with van der Waals surface area (Å²) in [7, 11) is 0. The van der Waals surface area contributed by atoms with Gasteiger partial charge in [0.1, 0.15) is 5.52 Å². The van der Waals surface area contributed by atoms with Crippen LogP contribution >= 0.6 is 0 Å². The topological polar surface area (TPSA) is 51.0 Å². The van der Waals surface area contributed by atoms with Gasteiger partial charge in [-0.15, -0.1) is 5.10 Å². The molecule has 2 heterocycles. The molecular weight excluding hydrogens is 309 g/mol. The van der Waals surface area contributed by atoms with Crippen LogP contribution in [0.5, 0.6) is 0 Å². The Balaban J connectivity index is 1.82. The second-order valence-electron chi connectivity index (χ2n) is 5.74. The molecule has 0 radical (unpaired) electrons. The minimum atomic E-state index is -4.26. The summed E-state index contributed by atoms with van der Waals surface area (Å²) in [5.41, 5.74) is 1.72. The van der Waals surface area contributed by atoms with Crippen LogP contribution in [-0.4, -0.2) is 45.1 Å². The maximum atomic E-state index is 12.9. The highest BCUT2D eigenvalue weighted by Crippen LogP contribution is 2.33. The Hall–Kier alpha value is -2.12. The van der Waals surface area contributed by atoms with Gasteiger partial charge in [0, 0.05) is 25.2 Å². The van der Waals surface area contributed by atoms with Gasteiger partial charge in [-0.1, -0.05) is 5.21 Å². The molecule has 2 aromatic rings. The van der Waals surface area contributed by atoms with Crippen LogP contribution in [-0.2, 0) is 6.54 Å². The summed E-state index contributed by atoms with van der Waals surface area (Å²) in [4.78, 5) is 13.8. The first-order valence-electron chi connectivity index (χ1n) is 7.59. The monoisotopic (exact) mass is 326 g/mol. The molecule has 1 amide bonds. The molecule has 3 rings (SSSR count). The first-order chi connectivity index (χ1) is 10.9. The van der Waals surface area contributed by atoms with E-state index >= 15 is 0 Å². The van der Waals surface area contributed by atoms with Crippen LogP contribution in [0.1, 0.15) is 30.1 Å². The minimum Gasteiger partial charge on any atom is -0.338 e. The van der Waals surface area contributed by atoms with Crippen LogP contribution in [0.25, 0.3) is 11.0 Å². The third kappa shape index (κ3) is 3.02. The summed E-state index contributed by atoms with van der Waals surface area (Å²) in [6.45, 7) is 2.66. The Labute approximate surface area is 131 Å². The van der Waals surface area contributed by atoms with Crippen molar-refractivity contribution in [3.8, 4) is 0 Å². The molecule has 0 bridgehead atoms. The number of nitrogens with zero attached hydrogens (tertiary/aromatic N) is 4. The van der Waals surface area contributed by atoms with Crippen LogP contribution in [0.2, 0.25) is 0 Å². The van der Waals surface area contributed by atoms with E-state index in [1.54, 1.807) is 22.9 Å². The second-order valence-corrected chi connectivity index (χ2v) is 5.74. The number of carbonyl (C=O) groups is 1. The largest absolute Gasteiger partial charge is 0.393 e. The maximum absolute atomic E-state index is 12.9. The van der Waals surface area contributed by atoms with Gasteiger partial charge in [-0.3, -0.25) is 4.79 Å². The number of likely N-dealkylation sites (tertiary alicyclic amines) is 1. The lowest BCUT2D eigenvalue weighted by Gasteiger charge is -2.33. The summed E-state index contributed by atoms with van der Waals surface area (Å²) in [5, 5.41) is 7.96. The number of benzene rings is 1. The summed E-state index contributed by atoms with van der Waals surface area (Å²) in [6.07, 6.45) is -3.81. The van der Waals surface area contributed by atoms with Crippen molar-refractivity contribution in [3.63, 3.8) is 0 Å². The van der Waals surface area contributed by atoms with Crippen molar-refractivity contribution in [2.24, 2.45) is 5.92 Å². The van der Waals surface area contributed by atoms with Crippen molar-refractivity contribution in [1.29, 1.82) is 0 Å². The van der Waals surface area contributed by atoms with Gasteiger partial charge < -0.3 is 4.90 Å². The van der Waals surface area contributed by atoms with Gasteiger partial charge in [0.2, 0.25) is 0 Å². The molecule has 0 spiro atoms. The van der Waals surface area contributed by atoms with E-state index in [1.807, 2.05) is 6.92 Å². The van der Waals surface area contributed by atoms with Gasteiger partial charge in [0.15, 0.2) is 0 Å². The number of halogens is 3. The lowest BCUT2D eigenvalue weighted by atomic mass is 9.97. The molecule has 1 saturated heterocycles. The Morgan fingerprint density at radius 3 is 2.87 bits per heavy atom. The Kier molecular flexibility index (Phi) is 3.99. The van der Waals surface area contributed by atoms with Gasteiger partial charge in [-0.05, 0) is 38.0 Å². The molecule has 0 saturated carbocycles. The van der Waals surface area contributed by atoms with Crippen molar-refractivity contribution >= 4 is 16.9 Å². The lowest BCUT2D eigenvalue weighted by Crippen LogP contribution is -2.44. The predicted molar refractivity (Wildman–Crippen MR) is 77.9 cm³/mol. The van der Waals surface area contributed by atoms with Gasteiger partial charge in [0.05, 0.1) is 11.4 Å². The number of amides is 1. The fourth-order valence-electron chi connectivity index (χ4n) is 2.95. The van der Waals surface area contributed by atoms with Crippen LogP contribution < -0.4 is 0 Å². The fraction of sp³-hybridized carbons (Fsp3) is 0.533. The normalized spacial score (nSPS) is 19.3. The summed E-state index contributed by atoms with van der Waals surface area (Å²) in [5.74, 6) is -1.82. The molecule has 8 heteroatoms. The Morgan fingerprint density at radius 1 is 1.39 bits per heavy atom. The Morgan fingerprint density at radius 2 is 2.17 bits per heavy atom. The van der Waals surface area contributed by atoms with Gasteiger partial charge in [-0.2, -0.15) is 13.2 Å². The van der Waals surface area contributed by atoms with E-state index < -0.39 is 12.1 Å². The molecular formula is C15H17F3N4O. The maximum Gasteiger partial charge on any atom is 0.393 e. The molecule has 0 unspecified atom stereocenters.